The first-order valence-corrected chi connectivity index (χ1v) is 7.39. The van der Waals surface area contributed by atoms with Gasteiger partial charge in [0.1, 0.15) is 11.5 Å². The number of carbonyl (C=O) groups excluding carboxylic acids is 1. The lowest BCUT2D eigenvalue weighted by Gasteiger charge is -2.14. The number of hydrogen-bond acceptors (Lipinski definition) is 3. The average Bonchev–Trinajstić information content (AvgIpc) is 2.60. The molecule has 0 heterocycles. The normalized spacial score (nSPS) is 10.6. The number of fused-ring (bicyclic) bond motifs is 1. The summed E-state index contributed by atoms with van der Waals surface area (Å²) in [5.74, 6) is 1.58. The van der Waals surface area contributed by atoms with Crippen molar-refractivity contribution in [3.8, 4) is 22.6 Å². The van der Waals surface area contributed by atoms with Crippen LogP contribution in [0.2, 0.25) is 0 Å². The van der Waals surface area contributed by atoms with Crippen LogP contribution in [0.15, 0.2) is 48.5 Å². The molecule has 0 bridgehead atoms. The fourth-order valence-electron chi connectivity index (χ4n) is 2.95. The van der Waals surface area contributed by atoms with E-state index >= 15 is 0 Å². The van der Waals surface area contributed by atoms with Gasteiger partial charge in [-0.05, 0) is 64.7 Å². The summed E-state index contributed by atoms with van der Waals surface area (Å²) in [5, 5.41) is 1.93. The van der Waals surface area contributed by atoms with Gasteiger partial charge in [-0.2, -0.15) is 0 Å². The molecule has 0 fully saturated rings. The monoisotopic (exact) mass is 306 g/mol. The highest BCUT2D eigenvalue weighted by molar-refractivity contribution is 6.06. The predicted molar refractivity (Wildman–Crippen MR) is 92.6 cm³/mol. The van der Waals surface area contributed by atoms with Crippen molar-refractivity contribution in [2.24, 2.45) is 0 Å². The van der Waals surface area contributed by atoms with Gasteiger partial charge in [0.2, 0.25) is 0 Å². The minimum Gasteiger partial charge on any atom is -0.497 e. The smallest absolute Gasteiger partial charge is 0.151 e. The lowest BCUT2D eigenvalue weighted by Crippen LogP contribution is -1.95. The molecule has 0 N–H and O–H groups in total. The molecule has 3 heteroatoms. The van der Waals surface area contributed by atoms with Crippen LogP contribution < -0.4 is 9.47 Å². The molecule has 0 aliphatic rings. The van der Waals surface area contributed by atoms with Crippen molar-refractivity contribution in [1.82, 2.24) is 0 Å². The minimum atomic E-state index is 0.702. The zero-order chi connectivity index (χ0) is 16.4. The van der Waals surface area contributed by atoms with Gasteiger partial charge in [0.15, 0.2) is 6.29 Å². The van der Waals surface area contributed by atoms with Crippen LogP contribution in [0, 0.1) is 6.92 Å². The fraction of sp³-hybridized carbons (Fsp3) is 0.150. The molecule has 3 aromatic carbocycles. The molecule has 0 spiro atoms. The second-order valence-corrected chi connectivity index (χ2v) is 5.42. The quantitative estimate of drug-likeness (QED) is 0.658. The minimum absolute atomic E-state index is 0.702. The molecular weight excluding hydrogens is 288 g/mol. The number of methoxy groups -OCH3 is 2. The van der Waals surface area contributed by atoms with Gasteiger partial charge in [-0.1, -0.05) is 18.2 Å². The molecule has 0 aliphatic carbocycles. The van der Waals surface area contributed by atoms with Crippen molar-refractivity contribution < 1.29 is 14.3 Å². The third kappa shape index (κ3) is 2.66. The van der Waals surface area contributed by atoms with Crippen molar-refractivity contribution >= 4 is 17.1 Å². The number of rotatable bonds is 4. The van der Waals surface area contributed by atoms with Gasteiger partial charge in [-0.25, -0.2) is 0 Å². The highest BCUT2D eigenvalue weighted by atomic mass is 16.5. The Hall–Kier alpha value is -2.81. The summed E-state index contributed by atoms with van der Waals surface area (Å²) in [6.07, 6.45) is 0.932. The molecule has 0 unspecified atom stereocenters. The van der Waals surface area contributed by atoms with Crippen molar-refractivity contribution in [3.05, 3.63) is 59.7 Å². The van der Waals surface area contributed by atoms with Crippen LogP contribution in [0.1, 0.15) is 15.9 Å². The number of aryl methyl sites for hydroxylation is 1. The van der Waals surface area contributed by atoms with E-state index in [1.54, 1.807) is 14.2 Å². The second-order valence-electron chi connectivity index (χ2n) is 5.42. The van der Waals surface area contributed by atoms with Gasteiger partial charge in [0.25, 0.3) is 0 Å². The SMILES string of the molecule is COc1ccc(-c2c(C)cc3cc(OC)ccc3c2C=O)cc1. The molecule has 0 amide bonds. The maximum absolute atomic E-state index is 11.8. The number of aldehydes is 1. The first-order valence-electron chi connectivity index (χ1n) is 7.39. The summed E-state index contributed by atoms with van der Waals surface area (Å²) in [7, 11) is 3.28. The van der Waals surface area contributed by atoms with E-state index in [1.807, 2.05) is 49.4 Å². The van der Waals surface area contributed by atoms with E-state index in [0.29, 0.717) is 5.56 Å². The number of carbonyl (C=O) groups is 1. The summed E-state index contributed by atoms with van der Waals surface area (Å²) in [5.41, 5.74) is 3.72. The third-order valence-electron chi connectivity index (χ3n) is 4.08. The first-order chi connectivity index (χ1) is 11.2. The molecule has 0 saturated carbocycles. The van der Waals surface area contributed by atoms with Crippen LogP contribution >= 0.6 is 0 Å². The van der Waals surface area contributed by atoms with Crippen LogP contribution in [0.5, 0.6) is 11.5 Å². The Kier molecular flexibility index (Phi) is 4.02. The predicted octanol–water partition coefficient (Wildman–Crippen LogP) is 4.64. The van der Waals surface area contributed by atoms with E-state index in [0.717, 1.165) is 45.2 Å². The van der Waals surface area contributed by atoms with Crippen molar-refractivity contribution in [1.29, 1.82) is 0 Å². The van der Waals surface area contributed by atoms with Crippen molar-refractivity contribution in [2.75, 3.05) is 14.2 Å². The molecule has 0 aliphatic heterocycles. The zero-order valence-corrected chi connectivity index (χ0v) is 13.4. The van der Waals surface area contributed by atoms with E-state index < -0.39 is 0 Å². The molecule has 0 saturated heterocycles. The molecule has 3 rings (SSSR count). The molecule has 0 radical (unpaired) electrons. The van der Waals surface area contributed by atoms with Gasteiger partial charge in [-0.15, -0.1) is 0 Å². The Labute approximate surface area is 135 Å². The zero-order valence-electron chi connectivity index (χ0n) is 13.4. The topological polar surface area (TPSA) is 35.5 Å². The van der Waals surface area contributed by atoms with Crippen LogP contribution in [-0.4, -0.2) is 20.5 Å². The van der Waals surface area contributed by atoms with Gasteiger partial charge >= 0.3 is 0 Å². The van der Waals surface area contributed by atoms with Crippen LogP contribution in [0.3, 0.4) is 0 Å². The lowest BCUT2D eigenvalue weighted by molar-refractivity contribution is 0.112. The van der Waals surface area contributed by atoms with Gasteiger partial charge < -0.3 is 9.47 Å². The van der Waals surface area contributed by atoms with Crippen LogP contribution in [-0.2, 0) is 0 Å². The molecule has 0 atom stereocenters. The maximum atomic E-state index is 11.8. The summed E-state index contributed by atoms with van der Waals surface area (Å²) in [6, 6.07) is 15.6. The number of ether oxygens (including phenoxy) is 2. The summed E-state index contributed by atoms with van der Waals surface area (Å²) in [6.45, 7) is 2.02. The maximum Gasteiger partial charge on any atom is 0.151 e. The first kappa shape index (κ1) is 15.1. The largest absolute Gasteiger partial charge is 0.497 e. The molecule has 23 heavy (non-hydrogen) atoms. The van der Waals surface area contributed by atoms with E-state index in [9.17, 15) is 4.79 Å². The Morgan fingerprint density at radius 2 is 1.52 bits per heavy atom. The Balaban J connectivity index is 2.27. The fourth-order valence-corrected chi connectivity index (χ4v) is 2.95. The van der Waals surface area contributed by atoms with Crippen molar-refractivity contribution in [2.45, 2.75) is 6.92 Å². The molecule has 3 nitrogen and oxygen atoms in total. The van der Waals surface area contributed by atoms with E-state index in [-0.39, 0.29) is 0 Å². The molecule has 0 aromatic heterocycles. The molecule has 3 aromatic rings. The Morgan fingerprint density at radius 1 is 0.870 bits per heavy atom. The van der Waals surface area contributed by atoms with E-state index in [4.69, 9.17) is 9.47 Å². The van der Waals surface area contributed by atoms with Gasteiger partial charge in [0, 0.05) is 5.56 Å². The third-order valence-corrected chi connectivity index (χ3v) is 4.08. The lowest BCUT2D eigenvalue weighted by atomic mass is 9.90. The number of hydrogen-bond donors (Lipinski definition) is 0. The number of benzene rings is 3. The second kappa shape index (κ2) is 6.13. The Morgan fingerprint density at radius 3 is 2.13 bits per heavy atom. The average molecular weight is 306 g/mol. The van der Waals surface area contributed by atoms with Crippen molar-refractivity contribution in [3.63, 3.8) is 0 Å². The highest BCUT2D eigenvalue weighted by Gasteiger charge is 2.13. The van der Waals surface area contributed by atoms with E-state index in [1.165, 1.54) is 0 Å². The molecular formula is C20H18O3. The van der Waals surface area contributed by atoms with Gasteiger partial charge in [-0.3, -0.25) is 4.79 Å². The summed E-state index contributed by atoms with van der Waals surface area (Å²) in [4.78, 5) is 11.8. The Bertz CT molecular complexity index is 864. The van der Waals surface area contributed by atoms with Crippen LogP contribution in [0.25, 0.3) is 21.9 Å². The highest BCUT2D eigenvalue weighted by Crippen LogP contribution is 2.34. The summed E-state index contributed by atoms with van der Waals surface area (Å²) < 4.78 is 10.5. The van der Waals surface area contributed by atoms with Crippen LogP contribution in [0.4, 0.5) is 0 Å². The summed E-state index contributed by atoms with van der Waals surface area (Å²) >= 11 is 0. The van der Waals surface area contributed by atoms with E-state index in [2.05, 4.69) is 6.07 Å². The standard InChI is InChI=1S/C20H18O3/c1-13-10-15-11-17(23-3)8-9-18(15)19(12-21)20(13)14-4-6-16(22-2)7-5-14/h4-12H,1-3H3. The van der Waals surface area contributed by atoms with Gasteiger partial charge in [0.05, 0.1) is 14.2 Å². The molecule has 116 valence electrons.